The van der Waals surface area contributed by atoms with E-state index in [1.54, 1.807) is 24.3 Å². The summed E-state index contributed by atoms with van der Waals surface area (Å²) in [5, 5.41) is 1.35. The molecule has 0 unspecified atom stereocenters. The first-order valence-electron chi connectivity index (χ1n) is 11.3. The van der Waals surface area contributed by atoms with Crippen LogP contribution in [0, 0.1) is 12.8 Å². The van der Waals surface area contributed by atoms with Crippen LogP contribution < -0.4 is 10.3 Å². The SMILES string of the molecule is CCc1ccc([C@@H]2NN(C(=O)c3cccc(Br)c3)[C@@H]3C(=O)N(c4cccc(C)c4)C(=O)[C@@H]32)cc1. The Bertz CT molecular complexity index is 1290. The molecule has 0 aromatic heterocycles. The van der Waals surface area contributed by atoms with Crippen LogP contribution in [-0.4, -0.2) is 28.8 Å². The lowest BCUT2D eigenvalue weighted by molar-refractivity contribution is -0.123. The van der Waals surface area contributed by atoms with Gasteiger partial charge in [0.25, 0.3) is 11.8 Å². The Morgan fingerprint density at radius 1 is 0.971 bits per heavy atom. The zero-order valence-electron chi connectivity index (χ0n) is 18.9. The summed E-state index contributed by atoms with van der Waals surface area (Å²) in [5.41, 5.74) is 7.15. The van der Waals surface area contributed by atoms with E-state index in [2.05, 4.69) is 28.3 Å². The topological polar surface area (TPSA) is 69.7 Å². The molecule has 2 aliphatic rings. The predicted molar refractivity (Wildman–Crippen MR) is 133 cm³/mol. The molecule has 2 fully saturated rings. The maximum absolute atomic E-state index is 13.7. The monoisotopic (exact) mass is 517 g/mol. The number of anilines is 1. The smallest absolute Gasteiger partial charge is 0.268 e. The van der Waals surface area contributed by atoms with Crippen molar-refractivity contribution in [2.45, 2.75) is 32.4 Å². The quantitative estimate of drug-likeness (QED) is 0.514. The number of nitrogens with zero attached hydrogens (tertiary/aromatic N) is 2. The van der Waals surface area contributed by atoms with Crippen LogP contribution in [-0.2, 0) is 16.0 Å². The van der Waals surface area contributed by atoms with E-state index in [0.717, 1.165) is 22.0 Å². The van der Waals surface area contributed by atoms with E-state index in [1.807, 2.05) is 55.5 Å². The molecule has 2 heterocycles. The zero-order chi connectivity index (χ0) is 24.0. The normalized spacial score (nSPS) is 21.8. The molecular weight excluding hydrogens is 494 g/mol. The summed E-state index contributed by atoms with van der Waals surface area (Å²) < 4.78 is 0.760. The van der Waals surface area contributed by atoms with E-state index in [0.29, 0.717) is 11.3 Å². The molecule has 3 amide bonds. The average molecular weight is 518 g/mol. The molecule has 7 heteroatoms. The Morgan fingerprint density at radius 3 is 2.38 bits per heavy atom. The lowest BCUT2D eigenvalue weighted by atomic mass is 9.90. The van der Waals surface area contributed by atoms with Crippen LogP contribution in [0.5, 0.6) is 0 Å². The molecule has 3 atom stereocenters. The van der Waals surface area contributed by atoms with Crippen molar-refractivity contribution in [1.82, 2.24) is 10.4 Å². The van der Waals surface area contributed by atoms with Crippen LogP contribution in [0.25, 0.3) is 0 Å². The van der Waals surface area contributed by atoms with Gasteiger partial charge in [-0.15, -0.1) is 0 Å². The number of imide groups is 1. The van der Waals surface area contributed by atoms with Crippen molar-refractivity contribution in [2.24, 2.45) is 5.92 Å². The molecule has 0 spiro atoms. The molecule has 0 bridgehead atoms. The number of nitrogens with one attached hydrogen (secondary N) is 1. The molecule has 5 rings (SSSR count). The van der Waals surface area contributed by atoms with Crippen LogP contribution >= 0.6 is 15.9 Å². The fraction of sp³-hybridized carbons (Fsp3) is 0.222. The van der Waals surface area contributed by atoms with Crippen molar-refractivity contribution in [1.29, 1.82) is 0 Å². The Kier molecular flexibility index (Phi) is 5.83. The molecule has 1 N–H and O–H groups in total. The summed E-state index contributed by atoms with van der Waals surface area (Å²) in [5.74, 6) is -1.78. The van der Waals surface area contributed by atoms with E-state index in [4.69, 9.17) is 0 Å². The van der Waals surface area contributed by atoms with Crippen LogP contribution in [0.15, 0.2) is 77.3 Å². The number of halogens is 1. The Balaban J connectivity index is 1.58. The molecule has 2 aliphatic heterocycles. The summed E-state index contributed by atoms with van der Waals surface area (Å²) in [7, 11) is 0. The van der Waals surface area contributed by atoms with Gasteiger partial charge in [0.1, 0.15) is 6.04 Å². The second kappa shape index (κ2) is 8.81. The zero-order valence-corrected chi connectivity index (χ0v) is 20.5. The summed E-state index contributed by atoms with van der Waals surface area (Å²) in [6.45, 7) is 3.99. The second-order valence-electron chi connectivity index (χ2n) is 8.71. The molecule has 6 nitrogen and oxygen atoms in total. The first-order chi connectivity index (χ1) is 16.4. The number of hydrogen-bond donors (Lipinski definition) is 1. The van der Waals surface area contributed by atoms with Crippen molar-refractivity contribution in [3.05, 3.63) is 99.5 Å². The van der Waals surface area contributed by atoms with E-state index < -0.39 is 23.9 Å². The molecule has 3 aromatic rings. The third-order valence-corrected chi connectivity index (χ3v) is 7.03. The number of amides is 3. The molecule has 0 saturated carbocycles. The fourth-order valence-corrected chi connectivity index (χ4v) is 5.19. The summed E-state index contributed by atoms with van der Waals surface area (Å²) in [6, 6.07) is 20.9. The van der Waals surface area contributed by atoms with Gasteiger partial charge < -0.3 is 0 Å². The standard InChI is InChI=1S/C27H24BrN3O3/c1-3-17-10-12-18(13-11-17)23-22-24(31(29-23)25(32)19-7-5-8-20(28)15-19)27(34)30(26(22)33)21-9-4-6-16(2)14-21/h4-15,22-24,29H,3H2,1-2H3/t22-,23+,24+/m1/s1. The second-order valence-corrected chi connectivity index (χ2v) is 9.62. The van der Waals surface area contributed by atoms with Crippen molar-refractivity contribution < 1.29 is 14.4 Å². The van der Waals surface area contributed by atoms with Gasteiger partial charge in [0.05, 0.1) is 17.6 Å². The Hall–Kier alpha value is -3.29. The maximum atomic E-state index is 13.7. The number of carbonyl (C=O) groups is 3. The van der Waals surface area contributed by atoms with Gasteiger partial charge in [0.2, 0.25) is 5.91 Å². The van der Waals surface area contributed by atoms with Gasteiger partial charge in [-0.25, -0.2) is 10.3 Å². The summed E-state index contributed by atoms with van der Waals surface area (Å²) in [6.07, 6.45) is 0.899. The van der Waals surface area contributed by atoms with E-state index >= 15 is 0 Å². The van der Waals surface area contributed by atoms with Gasteiger partial charge in [-0.05, 0) is 60.4 Å². The first-order valence-corrected chi connectivity index (χ1v) is 12.1. The van der Waals surface area contributed by atoms with E-state index in [-0.39, 0.29) is 11.8 Å². The lowest BCUT2D eigenvalue weighted by Crippen LogP contribution is -2.48. The van der Waals surface area contributed by atoms with Gasteiger partial charge in [0.15, 0.2) is 0 Å². The van der Waals surface area contributed by atoms with Crippen molar-refractivity contribution in [3.8, 4) is 0 Å². The highest BCUT2D eigenvalue weighted by Gasteiger charge is 2.60. The number of rotatable bonds is 4. The number of benzene rings is 3. The van der Waals surface area contributed by atoms with Crippen LogP contribution in [0.3, 0.4) is 0 Å². The highest BCUT2D eigenvalue weighted by molar-refractivity contribution is 9.10. The molecule has 2 saturated heterocycles. The fourth-order valence-electron chi connectivity index (χ4n) is 4.79. The predicted octanol–water partition coefficient (Wildman–Crippen LogP) is 4.58. The van der Waals surface area contributed by atoms with Crippen LogP contribution in [0.4, 0.5) is 5.69 Å². The molecular formula is C27H24BrN3O3. The van der Waals surface area contributed by atoms with E-state index in [1.165, 1.54) is 15.5 Å². The van der Waals surface area contributed by atoms with Gasteiger partial charge in [-0.2, -0.15) is 0 Å². The minimum absolute atomic E-state index is 0.304. The molecule has 0 radical (unpaired) electrons. The highest BCUT2D eigenvalue weighted by atomic mass is 79.9. The highest BCUT2D eigenvalue weighted by Crippen LogP contribution is 2.42. The maximum Gasteiger partial charge on any atom is 0.268 e. The number of carbonyl (C=O) groups excluding carboxylic acids is 3. The van der Waals surface area contributed by atoms with Gasteiger partial charge in [-0.3, -0.25) is 19.4 Å². The van der Waals surface area contributed by atoms with Crippen molar-refractivity contribution >= 4 is 39.3 Å². The first kappa shape index (κ1) is 22.5. The average Bonchev–Trinajstić information content (AvgIpc) is 3.35. The third kappa shape index (κ3) is 3.75. The summed E-state index contributed by atoms with van der Waals surface area (Å²) in [4.78, 5) is 42.1. The Labute approximate surface area is 206 Å². The molecule has 34 heavy (non-hydrogen) atoms. The Morgan fingerprint density at radius 2 is 1.71 bits per heavy atom. The van der Waals surface area contributed by atoms with E-state index in [9.17, 15) is 14.4 Å². The molecule has 0 aliphatic carbocycles. The van der Waals surface area contributed by atoms with Gasteiger partial charge in [-0.1, -0.05) is 65.3 Å². The van der Waals surface area contributed by atoms with Crippen molar-refractivity contribution in [3.63, 3.8) is 0 Å². The van der Waals surface area contributed by atoms with Gasteiger partial charge in [0, 0.05) is 10.0 Å². The largest absolute Gasteiger partial charge is 0.274 e. The lowest BCUT2D eigenvalue weighted by Gasteiger charge is -2.25. The van der Waals surface area contributed by atoms with Crippen molar-refractivity contribution in [2.75, 3.05) is 4.90 Å². The molecule has 3 aromatic carbocycles. The van der Waals surface area contributed by atoms with Crippen LogP contribution in [0.2, 0.25) is 0 Å². The number of hydrogen-bond acceptors (Lipinski definition) is 4. The summed E-state index contributed by atoms with van der Waals surface area (Å²) >= 11 is 3.41. The third-order valence-electron chi connectivity index (χ3n) is 6.53. The molecule has 172 valence electrons. The van der Waals surface area contributed by atoms with Crippen LogP contribution in [0.1, 0.15) is 40.0 Å². The number of aryl methyl sites for hydroxylation is 2. The number of hydrazine groups is 1. The minimum Gasteiger partial charge on any atom is -0.274 e. The minimum atomic E-state index is -0.935. The van der Waals surface area contributed by atoms with Gasteiger partial charge >= 0.3 is 0 Å². The number of fused-ring (bicyclic) bond motifs is 1.